The Morgan fingerprint density at radius 3 is 1.97 bits per heavy atom. The summed E-state index contributed by atoms with van der Waals surface area (Å²) in [6, 6.07) is 7.34. The van der Waals surface area contributed by atoms with Crippen LogP contribution in [-0.2, 0) is 24.8 Å². The Morgan fingerprint density at radius 2 is 1.55 bits per heavy atom. The molecule has 11 nitrogen and oxygen atoms in total. The Kier molecular flexibility index (Phi) is 20.3. The van der Waals surface area contributed by atoms with Gasteiger partial charge in [-0.05, 0) is 51.3 Å². The van der Waals surface area contributed by atoms with Gasteiger partial charge in [0.05, 0.1) is 25.0 Å². The van der Waals surface area contributed by atoms with E-state index in [4.69, 9.17) is 49.0 Å². The maximum absolute atomic E-state index is 12.3. The van der Waals surface area contributed by atoms with Crippen molar-refractivity contribution in [3.63, 3.8) is 0 Å². The van der Waals surface area contributed by atoms with Crippen LogP contribution in [0.4, 0.5) is 10.5 Å². The van der Waals surface area contributed by atoms with Gasteiger partial charge in [-0.3, -0.25) is 9.36 Å². The Balaban J connectivity index is 0.000000721. The molecule has 0 heterocycles. The van der Waals surface area contributed by atoms with Crippen LogP contribution in [-0.4, -0.2) is 78.4 Å². The molecule has 1 atom stereocenters. The fourth-order valence-electron chi connectivity index (χ4n) is 3.10. The van der Waals surface area contributed by atoms with E-state index in [-0.39, 0.29) is 32.1 Å². The first-order valence-corrected chi connectivity index (χ1v) is 15.4. The second-order valence-electron chi connectivity index (χ2n) is 7.67. The molecule has 0 bridgehead atoms. The zero-order valence-corrected chi connectivity index (χ0v) is 25.1. The number of nitrogens with one attached hydrogen (secondary N) is 1. The van der Waals surface area contributed by atoms with Gasteiger partial charge in [0.15, 0.2) is 0 Å². The third kappa shape index (κ3) is 14.5. The van der Waals surface area contributed by atoms with Crippen molar-refractivity contribution < 1.29 is 28.3 Å². The lowest BCUT2D eigenvalue weighted by Crippen LogP contribution is -2.42. The minimum Gasteiger partial charge on any atom is -0.481 e. The maximum atomic E-state index is 12.3. The number of aryl methyl sites for hydroxylation is 1. The van der Waals surface area contributed by atoms with Crippen molar-refractivity contribution in [1.82, 2.24) is 10.3 Å². The average molecular weight is 620 g/mol. The van der Waals surface area contributed by atoms with Crippen LogP contribution < -0.4 is 10.2 Å². The molecule has 0 radical (unpaired) electrons. The van der Waals surface area contributed by atoms with Crippen LogP contribution in [0.2, 0.25) is 0 Å². The lowest BCUT2D eigenvalue weighted by molar-refractivity contribution is -0.137. The Morgan fingerprint density at radius 1 is 1.03 bits per heavy atom. The van der Waals surface area contributed by atoms with Crippen molar-refractivity contribution in [3.05, 3.63) is 34.7 Å². The van der Waals surface area contributed by atoms with E-state index in [9.17, 15) is 19.1 Å². The van der Waals surface area contributed by atoms with Gasteiger partial charge in [0, 0.05) is 42.8 Å². The fraction of sp³-hybridized carbons (Fsp3) is 0.652. The number of carbonyl (C=O) groups is 2. The normalized spacial score (nSPS) is 11.6. The molecule has 0 aromatic heterocycles. The van der Waals surface area contributed by atoms with Gasteiger partial charge in [0.2, 0.25) is 0 Å². The summed E-state index contributed by atoms with van der Waals surface area (Å²) in [4.78, 5) is 34.7. The maximum Gasteiger partial charge on any atom is 0.352 e. The number of anilines is 1. The molecule has 1 aromatic rings. The number of hydrogen-bond donors (Lipinski definition) is 2. The van der Waals surface area contributed by atoms with Crippen molar-refractivity contribution >= 4 is 60.1 Å². The SMILES string of the molecule is CCOP(=O)(OCC)C(C)NC(=O)N(CCCl)N=O.O=C(O)CCCc1ccc(N(CCCl)CCCl)cc1. The molecule has 0 spiro atoms. The summed E-state index contributed by atoms with van der Waals surface area (Å²) < 4.78 is 22.4. The average Bonchev–Trinajstić information content (AvgIpc) is 2.88. The monoisotopic (exact) mass is 618 g/mol. The van der Waals surface area contributed by atoms with Crippen LogP contribution in [0.5, 0.6) is 0 Å². The molecule has 38 heavy (non-hydrogen) atoms. The van der Waals surface area contributed by atoms with E-state index >= 15 is 0 Å². The number of nitroso groups, excluding NO2 is 1. The van der Waals surface area contributed by atoms with E-state index in [1.807, 2.05) is 24.3 Å². The number of urea groups is 1. The van der Waals surface area contributed by atoms with Crippen LogP contribution in [0.3, 0.4) is 0 Å². The number of amides is 2. The number of aliphatic carboxylic acids is 1. The second kappa shape index (κ2) is 21.2. The van der Waals surface area contributed by atoms with Gasteiger partial charge in [-0.15, -0.1) is 39.7 Å². The van der Waals surface area contributed by atoms with Crippen molar-refractivity contribution in [3.8, 4) is 0 Å². The summed E-state index contributed by atoms with van der Waals surface area (Å²) in [6.45, 7) is 6.63. The van der Waals surface area contributed by atoms with Crippen molar-refractivity contribution in [1.29, 1.82) is 0 Å². The van der Waals surface area contributed by atoms with Crippen molar-refractivity contribution in [2.45, 2.75) is 45.8 Å². The first-order valence-electron chi connectivity index (χ1n) is 12.2. The number of rotatable bonds is 18. The Bertz CT molecular complexity index is 852. The van der Waals surface area contributed by atoms with Gasteiger partial charge >= 0.3 is 19.6 Å². The summed E-state index contributed by atoms with van der Waals surface area (Å²) in [5.74, 6) is -0.456. The number of nitrogens with zero attached hydrogens (tertiary/aromatic N) is 3. The van der Waals surface area contributed by atoms with E-state index in [0.717, 1.165) is 30.8 Å². The van der Waals surface area contributed by atoms with Crippen LogP contribution in [0, 0.1) is 4.91 Å². The largest absolute Gasteiger partial charge is 0.481 e. The quantitative estimate of drug-likeness (QED) is 0.0896. The molecule has 0 aliphatic carbocycles. The Labute approximate surface area is 239 Å². The molecular formula is C23H38Cl3N4O7P. The topological polar surface area (TPSA) is 138 Å². The van der Waals surface area contributed by atoms with Crippen LogP contribution >= 0.6 is 42.4 Å². The lowest BCUT2D eigenvalue weighted by Gasteiger charge is -2.25. The highest BCUT2D eigenvalue weighted by atomic mass is 35.5. The number of benzene rings is 1. The molecule has 0 aliphatic rings. The fourth-order valence-corrected chi connectivity index (χ4v) is 5.18. The molecule has 15 heteroatoms. The van der Waals surface area contributed by atoms with E-state index in [1.54, 1.807) is 13.8 Å². The first kappa shape index (κ1) is 36.4. The summed E-state index contributed by atoms with van der Waals surface area (Å²) in [7, 11) is -3.47. The van der Waals surface area contributed by atoms with Gasteiger partial charge in [-0.1, -0.05) is 12.1 Å². The minimum atomic E-state index is -3.47. The standard InChI is InChI=1S/C14H19Cl2NO2.C9H19ClN3O5P/c15-8-10-17(11-9-16)13-6-4-12(5-7-13)2-1-3-14(18)19;1-4-17-19(16,18-5-2)8(3)11-9(14)13(12-15)7-6-10/h4-7H,1-3,8-11H2,(H,18,19);8H,4-7H2,1-3H3,(H,11,14). The molecule has 0 saturated heterocycles. The van der Waals surface area contributed by atoms with Gasteiger partial charge in [0.1, 0.15) is 5.78 Å². The van der Waals surface area contributed by atoms with Gasteiger partial charge in [-0.25, -0.2) is 4.79 Å². The van der Waals surface area contributed by atoms with Crippen molar-refractivity contribution in [2.24, 2.45) is 5.29 Å². The van der Waals surface area contributed by atoms with Gasteiger partial charge < -0.3 is 24.4 Å². The molecule has 218 valence electrons. The van der Waals surface area contributed by atoms with Crippen molar-refractivity contribution in [2.75, 3.05) is 55.4 Å². The van der Waals surface area contributed by atoms with Gasteiger partial charge in [0.25, 0.3) is 0 Å². The number of alkyl halides is 3. The molecule has 0 saturated carbocycles. The highest BCUT2D eigenvalue weighted by molar-refractivity contribution is 7.54. The predicted molar refractivity (Wildman–Crippen MR) is 153 cm³/mol. The molecule has 1 aromatic carbocycles. The predicted octanol–water partition coefficient (Wildman–Crippen LogP) is 5.91. The van der Waals surface area contributed by atoms with E-state index in [0.29, 0.717) is 23.2 Å². The zero-order chi connectivity index (χ0) is 29.0. The highest BCUT2D eigenvalue weighted by Crippen LogP contribution is 2.51. The first-order chi connectivity index (χ1) is 18.1. The molecule has 0 fully saturated rings. The van der Waals surface area contributed by atoms with Crippen LogP contribution in [0.25, 0.3) is 0 Å². The minimum absolute atomic E-state index is 0.0445. The Hall–Kier alpha value is -1.62. The number of halogens is 3. The molecule has 2 amide bonds. The van der Waals surface area contributed by atoms with E-state index in [2.05, 4.69) is 15.5 Å². The summed E-state index contributed by atoms with van der Waals surface area (Å²) in [5.41, 5.74) is 2.25. The molecule has 1 unspecified atom stereocenters. The number of carboxylic acids is 1. The lowest BCUT2D eigenvalue weighted by atomic mass is 10.1. The zero-order valence-electron chi connectivity index (χ0n) is 22.0. The van der Waals surface area contributed by atoms with Crippen LogP contribution in [0.1, 0.15) is 39.2 Å². The van der Waals surface area contributed by atoms with E-state index < -0.39 is 25.4 Å². The summed E-state index contributed by atoms with van der Waals surface area (Å²) in [5, 5.41) is 14.1. The number of carboxylic acid groups (broad SMARTS) is 1. The third-order valence-corrected chi connectivity index (χ3v) is 7.74. The van der Waals surface area contributed by atoms with Gasteiger partial charge in [-0.2, -0.15) is 5.01 Å². The number of hydrogen-bond acceptors (Lipinski definition) is 8. The van der Waals surface area contributed by atoms with Crippen LogP contribution in [0.15, 0.2) is 29.6 Å². The highest BCUT2D eigenvalue weighted by Gasteiger charge is 2.34. The molecule has 1 rings (SSSR count). The smallest absolute Gasteiger partial charge is 0.352 e. The molecule has 2 N–H and O–H groups in total. The third-order valence-electron chi connectivity index (χ3n) is 4.92. The molecular weight excluding hydrogens is 582 g/mol. The second-order valence-corrected chi connectivity index (χ2v) is 11.2. The summed E-state index contributed by atoms with van der Waals surface area (Å²) in [6.07, 6.45) is 1.67. The van der Waals surface area contributed by atoms with E-state index in [1.165, 1.54) is 6.92 Å². The molecule has 0 aliphatic heterocycles. The number of carbonyl (C=O) groups excluding carboxylic acids is 1. The summed E-state index contributed by atoms with van der Waals surface area (Å²) >= 11 is 17.0.